The molecule has 0 aliphatic carbocycles. The molecule has 0 amide bonds. The van der Waals surface area contributed by atoms with Crippen LogP contribution >= 0.6 is 0 Å². The van der Waals surface area contributed by atoms with E-state index in [0.717, 1.165) is 12.2 Å². The molecule has 1 aromatic rings. The van der Waals surface area contributed by atoms with Gasteiger partial charge >= 0.3 is 5.97 Å². The van der Waals surface area contributed by atoms with E-state index in [-0.39, 0.29) is 12.6 Å². The van der Waals surface area contributed by atoms with Crippen molar-refractivity contribution < 1.29 is 9.53 Å². The number of carbonyl (C=O) groups is 1. The van der Waals surface area contributed by atoms with E-state index in [1.165, 1.54) is 25.7 Å². The van der Waals surface area contributed by atoms with Crippen molar-refractivity contribution in [1.29, 1.82) is 0 Å². The molecule has 0 aliphatic heterocycles. The summed E-state index contributed by atoms with van der Waals surface area (Å²) in [4.78, 5) is 11.5. The Balaban J connectivity index is 2.35. The molecule has 0 heterocycles. The first-order valence-electron chi connectivity index (χ1n) is 6.72. The molecule has 0 saturated carbocycles. The Labute approximate surface area is 115 Å². The van der Waals surface area contributed by atoms with Gasteiger partial charge in [-0.3, -0.25) is 0 Å². The van der Waals surface area contributed by atoms with Gasteiger partial charge in [-0.1, -0.05) is 32.1 Å². The lowest BCUT2D eigenvalue weighted by Gasteiger charge is -2.07. The smallest absolute Gasteiger partial charge is 0.339 e. The van der Waals surface area contributed by atoms with E-state index in [1.807, 2.05) is 12.1 Å². The molecule has 0 aliphatic rings. The number of anilines is 1. The van der Waals surface area contributed by atoms with Crippen LogP contribution in [0.4, 0.5) is 5.69 Å². The predicted molar refractivity (Wildman–Crippen MR) is 78.2 cm³/mol. The molecule has 102 valence electrons. The van der Waals surface area contributed by atoms with E-state index in [2.05, 4.69) is 18.2 Å². The molecule has 0 fully saturated rings. The molecule has 1 N–H and O–H groups in total. The van der Waals surface area contributed by atoms with Gasteiger partial charge in [0.2, 0.25) is 0 Å². The van der Waals surface area contributed by atoms with Crippen LogP contribution in [0.25, 0.3) is 0 Å². The minimum Gasteiger partial charge on any atom is -0.449 e. The van der Waals surface area contributed by atoms with Crippen LogP contribution < -0.4 is 5.32 Å². The SMILES string of the molecule is C#CCOC(=O)c1ccc(NCCCCCC)cc1. The van der Waals surface area contributed by atoms with Gasteiger partial charge in [0.25, 0.3) is 0 Å². The average Bonchev–Trinajstić information content (AvgIpc) is 2.45. The molecule has 0 radical (unpaired) electrons. The molecular weight excluding hydrogens is 238 g/mol. The Morgan fingerprint density at radius 2 is 2.00 bits per heavy atom. The number of benzene rings is 1. The van der Waals surface area contributed by atoms with Crippen LogP contribution in [0, 0.1) is 12.3 Å². The standard InChI is InChI=1S/C16H21NO2/c1-3-5-6-7-12-17-15-10-8-14(9-11-15)16(18)19-13-4-2/h2,8-11,17H,3,5-7,12-13H2,1H3. The number of carbonyl (C=O) groups excluding carboxylic acids is 1. The molecule has 0 bridgehead atoms. The second kappa shape index (κ2) is 9.04. The lowest BCUT2D eigenvalue weighted by Crippen LogP contribution is -2.06. The number of unbranched alkanes of at least 4 members (excludes halogenated alkanes) is 3. The van der Waals surface area contributed by atoms with Crippen molar-refractivity contribution in [2.24, 2.45) is 0 Å². The van der Waals surface area contributed by atoms with Crippen molar-refractivity contribution >= 4 is 11.7 Å². The number of nitrogens with one attached hydrogen (secondary N) is 1. The normalized spacial score (nSPS) is 9.68. The Hall–Kier alpha value is -1.95. The van der Waals surface area contributed by atoms with Crippen molar-refractivity contribution in [1.82, 2.24) is 0 Å². The summed E-state index contributed by atoms with van der Waals surface area (Å²) in [5, 5.41) is 3.33. The van der Waals surface area contributed by atoms with Crippen molar-refractivity contribution in [2.75, 3.05) is 18.5 Å². The van der Waals surface area contributed by atoms with Gasteiger partial charge in [-0.2, -0.15) is 0 Å². The highest BCUT2D eigenvalue weighted by Gasteiger charge is 2.05. The maximum atomic E-state index is 11.5. The largest absolute Gasteiger partial charge is 0.449 e. The Bertz CT molecular complexity index is 417. The minimum atomic E-state index is -0.382. The number of hydrogen-bond acceptors (Lipinski definition) is 3. The lowest BCUT2D eigenvalue weighted by molar-refractivity contribution is 0.0557. The van der Waals surface area contributed by atoms with E-state index in [1.54, 1.807) is 12.1 Å². The molecule has 0 aromatic heterocycles. The second-order valence-electron chi connectivity index (χ2n) is 4.35. The Kier molecular flexibility index (Phi) is 7.19. The first-order chi connectivity index (χ1) is 9.27. The predicted octanol–water partition coefficient (Wildman–Crippen LogP) is 3.47. The van der Waals surface area contributed by atoms with Gasteiger partial charge in [-0.15, -0.1) is 6.42 Å². The van der Waals surface area contributed by atoms with E-state index < -0.39 is 0 Å². The van der Waals surface area contributed by atoms with Crippen molar-refractivity contribution in [3.63, 3.8) is 0 Å². The lowest BCUT2D eigenvalue weighted by atomic mass is 10.2. The summed E-state index contributed by atoms with van der Waals surface area (Å²) in [7, 11) is 0. The number of ether oxygens (including phenoxy) is 1. The zero-order valence-corrected chi connectivity index (χ0v) is 11.4. The first-order valence-corrected chi connectivity index (χ1v) is 6.72. The summed E-state index contributed by atoms with van der Waals surface area (Å²) in [6, 6.07) is 7.25. The molecular formula is C16H21NO2. The fourth-order valence-electron chi connectivity index (χ4n) is 1.70. The zero-order chi connectivity index (χ0) is 13.9. The molecule has 0 unspecified atom stereocenters. The number of rotatable bonds is 8. The average molecular weight is 259 g/mol. The maximum Gasteiger partial charge on any atom is 0.339 e. The van der Waals surface area contributed by atoms with Gasteiger partial charge < -0.3 is 10.1 Å². The molecule has 0 saturated heterocycles. The van der Waals surface area contributed by atoms with Gasteiger partial charge in [0.1, 0.15) is 0 Å². The van der Waals surface area contributed by atoms with Crippen molar-refractivity contribution in [3.05, 3.63) is 29.8 Å². The molecule has 1 rings (SSSR count). The summed E-state index contributed by atoms with van der Waals surface area (Å²) in [5.74, 6) is 1.89. The zero-order valence-electron chi connectivity index (χ0n) is 11.4. The summed E-state index contributed by atoms with van der Waals surface area (Å²) in [6.07, 6.45) is 9.97. The topological polar surface area (TPSA) is 38.3 Å². The van der Waals surface area contributed by atoms with E-state index in [4.69, 9.17) is 11.2 Å². The molecule has 1 aromatic carbocycles. The van der Waals surface area contributed by atoms with Gasteiger partial charge in [0.05, 0.1) is 5.56 Å². The fraction of sp³-hybridized carbons (Fsp3) is 0.438. The summed E-state index contributed by atoms with van der Waals surface area (Å²) in [6.45, 7) is 3.17. The van der Waals surface area contributed by atoms with Crippen LogP contribution in [0.15, 0.2) is 24.3 Å². The molecule has 19 heavy (non-hydrogen) atoms. The van der Waals surface area contributed by atoms with E-state index in [9.17, 15) is 4.79 Å². The molecule has 3 nitrogen and oxygen atoms in total. The van der Waals surface area contributed by atoms with E-state index in [0.29, 0.717) is 5.56 Å². The van der Waals surface area contributed by atoms with Gasteiger partial charge in [0, 0.05) is 12.2 Å². The number of hydrogen-bond donors (Lipinski definition) is 1. The highest BCUT2D eigenvalue weighted by atomic mass is 16.5. The van der Waals surface area contributed by atoms with Crippen LogP contribution in [0.3, 0.4) is 0 Å². The fourth-order valence-corrected chi connectivity index (χ4v) is 1.70. The summed E-state index contributed by atoms with van der Waals surface area (Å²) < 4.78 is 4.85. The quantitative estimate of drug-likeness (QED) is 0.441. The van der Waals surface area contributed by atoms with Gasteiger partial charge in [-0.25, -0.2) is 4.79 Å². The van der Waals surface area contributed by atoms with Gasteiger partial charge in [-0.05, 0) is 30.7 Å². The third-order valence-corrected chi connectivity index (χ3v) is 2.77. The summed E-state index contributed by atoms with van der Waals surface area (Å²) >= 11 is 0. The third-order valence-electron chi connectivity index (χ3n) is 2.77. The molecule has 0 spiro atoms. The van der Waals surface area contributed by atoms with Crippen LogP contribution in [0.5, 0.6) is 0 Å². The van der Waals surface area contributed by atoms with Crippen molar-refractivity contribution in [2.45, 2.75) is 32.6 Å². The Morgan fingerprint density at radius 3 is 2.63 bits per heavy atom. The first kappa shape index (κ1) is 15.1. The second-order valence-corrected chi connectivity index (χ2v) is 4.35. The summed E-state index contributed by atoms with van der Waals surface area (Å²) in [5.41, 5.74) is 1.54. The van der Waals surface area contributed by atoms with Gasteiger partial charge in [0.15, 0.2) is 6.61 Å². The number of esters is 1. The Morgan fingerprint density at radius 1 is 1.26 bits per heavy atom. The van der Waals surface area contributed by atoms with Crippen LogP contribution in [-0.4, -0.2) is 19.1 Å². The number of terminal acetylenes is 1. The van der Waals surface area contributed by atoms with E-state index >= 15 is 0 Å². The van der Waals surface area contributed by atoms with Crippen LogP contribution in [0.1, 0.15) is 43.0 Å². The monoisotopic (exact) mass is 259 g/mol. The maximum absolute atomic E-state index is 11.5. The molecule has 3 heteroatoms. The highest BCUT2D eigenvalue weighted by Crippen LogP contribution is 2.11. The highest BCUT2D eigenvalue weighted by molar-refractivity contribution is 5.89. The van der Waals surface area contributed by atoms with Crippen LogP contribution in [-0.2, 0) is 4.74 Å². The molecule has 0 atom stereocenters. The minimum absolute atomic E-state index is 0.0102. The van der Waals surface area contributed by atoms with Crippen molar-refractivity contribution in [3.8, 4) is 12.3 Å². The van der Waals surface area contributed by atoms with Crippen LogP contribution in [0.2, 0.25) is 0 Å². The third kappa shape index (κ3) is 5.96.